The van der Waals surface area contributed by atoms with Crippen molar-refractivity contribution in [2.24, 2.45) is 0 Å². The van der Waals surface area contributed by atoms with Crippen molar-refractivity contribution in [3.05, 3.63) is 56.0 Å². The molecule has 6 nitrogen and oxygen atoms in total. The maximum absolute atomic E-state index is 11.0. The summed E-state index contributed by atoms with van der Waals surface area (Å²) in [5.74, 6) is 0.355. The average molecular weight is 253 g/mol. The van der Waals surface area contributed by atoms with E-state index >= 15 is 0 Å². The van der Waals surface area contributed by atoms with Gasteiger partial charge in [0.1, 0.15) is 11.0 Å². The van der Waals surface area contributed by atoms with E-state index in [0.29, 0.717) is 17.5 Å². The zero-order valence-corrected chi connectivity index (χ0v) is 9.41. The van der Waals surface area contributed by atoms with Crippen LogP contribution in [0.5, 0.6) is 0 Å². The van der Waals surface area contributed by atoms with Gasteiger partial charge in [-0.15, -0.1) is 0 Å². The Hall–Kier alpha value is -2.08. The summed E-state index contributed by atoms with van der Waals surface area (Å²) in [4.78, 5) is 30.5. The number of hydrogen-bond acceptors (Lipinski definition) is 4. The van der Waals surface area contributed by atoms with Gasteiger partial charge in [0.25, 0.3) is 5.56 Å². The van der Waals surface area contributed by atoms with Gasteiger partial charge in [-0.05, 0) is 11.6 Å². The Morgan fingerprint density at radius 3 is 2.76 bits per heavy atom. The molecule has 0 saturated heterocycles. The van der Waals surface area contributed by atoms with E-state index in [-0.39, 0.29) is 0 Å². The van der Waals surface area contributed by atoms with E-state index in [9.17, 15) is 9.59 Å². The summed E-state index contributed by atoms with van der Waals surface area (Å²) in [5, 5.41) is 3.32. The van der Waals surface area contributed by atoms with Gasteiger partial charge in [0.05, 0.1) is 0 Å². The highest BCUT2D eigenvalue weighted by atomic mass is 35.5. The molecule has 17 heavy (non-hydrogen) atoms. The quantitative estimate of drug-likeness (QED) is 0.702. The molecule has 88 valence electrons. The van der Waals surface area contributed by atoms with Gasteiger partial charge < -0.3 is 5.32 Å². The smallest absolute Gasteiger partial charge is 0.327 e. The summed E-state index contributed by atoms with van der Waals surface area (Å²) >= 11 is 5.65. The van der Waals surface area contributed by atoms with Gasteiger partial charge in [-0.25, -0.2) is 9.78 Å². The number of rotatable bonds is 3. The van der Waals surface area contributed by atoms with Crippen LogP contribution in [0.4, 0.5) is 5.82 Å². The molecule has 0 fully saturated rings. The highest BCUT2D eigenvalue weighted by molar-refractivity contribution is 6.29. The monoisotopic (exact) mass is 252 g/mol. The number of anilines is 1. The second-order valence-electron chi connectivity index (χ2n) is 3.34. The SMILES string of the molecule is O=c1cc(NCc2ccc(Cl)nc2)[nH]c(=O)[nH]1. The third-order valence-corrected chi connectivity index (χ3v) is 2.26. The van der Waals surface area contributed by atoms with Crippen molar-refractivity contribution < 1.29 is 0 Å². The Balaban J connectivity index is 2.09. The highest BCUT2D eigenvalue weighted by Gasteiger charge is 1.97. The average Bonchev–Trinajstić information content (AvgIpc) is 2.27. The molecule has 2 rings (SSSR count). The Morgan fingerprint density at radius 2 is 2.12 bits per heavy atom. The second-order valence-corrected chi connectivity index (χ2v) is 3.73. The molecular weight excluding hydrogens is 244 g/mol. The molecule has 0 radical (unpaired) electrons. The lowest BCUT2D eigenvalue weighted by atomic mass is 10.3. The molecule has 0 unspecified atom stereocenters. The maximum atomic E-state index is 11.0. The number of aromatic amines is 2. The van der Waals surface area contributed by atoms with Gasteiger partial charge in [-0.1, -0.05) is 17.7 Å². The molecule has 0 aliphatic rings. The number of nitrogens with zero attached hydrogens (tertiary/aromatic N) is 1. The predicted molar refractivity (Wildman–Crippen MR) is 64.3 cm³/mol. The van der Waals surface area contributed by atoms with E-state index in [1.807, 2.05) is 0 Å². The zero-order valence-electron chi connectivity index (χ0n) is 8.66. The van der Waals surface area contributed by atoms with Crippen LogP contribution < -0.4 is 16.6 Å². The van der Waals surface area contributed by atoms with Gasteiger partial charge in [-0.2, -0.15) is 0 Å². The van der Waals surface area contributed by atoms with Crippen LogP contribution in [0.2, 0.25) is 5.15 Å². The lowest BCUT2D eigenvalue weighted by Crippen LogP contribution is -2.22. The summed E-state index contributed by atoms with van der Waals surface area (Å²) in [6.07, 6.45) is 1.61. The predicted octanol–water partition coefficient (Wildman–Crippen LogP) is 0.724. The first-order chi connectivity index (χ1) is 8.13. The molecule has 0 amide bonds. The topological polar surface area (TPSA) is 90.6 Å². The van der Waals surface area contributed by atoms with Crippen LogP contribution in [-0.2, 0) is 6.54 Å². The Morgan fingerprint density at radius 1 is 1.29 bits per heavy atom. The maximum Gasteiger partial charge on any atom is 0.327 e. The normalized spacial score (nSPS) is 10.2. The number of halogens is 1. The number of pyridine rings is 1. The molecule has 0 aromatic carbocycles. The van der Waals surface area contributed by atoms with E-state index in [4.69, 9.17) is 11.6 Å². The fourth-order valence-corrected chi connectivity index (χ4v) is 1.38. The molecule has 2 aromatic rings. The van der Waals surface area contributed by atoms with Gasteiger partial charge >= 0.3 is 5.69 Å². The molecule has 0 aliphatic carbocycles. The van der Waals surface area contributed by atoms with E-state index in [2.05, 4.69) is 20.3 Å². The second kappa shape index (κ2) is 4.84. The minimum Gasteiger partial charge on any atom is -0.367 e. The lowest BCUT2D eigenvalue weighted by Gasteiger charge is -2.04. The third kappa shape index (κ3) is 3.18. The fraction of sp³-hybridized carbons (Fsp3) is 0.100. The van der Waals surface area contributed by atoms with E-state index in [1.165, 1.54) is 6.07 Å². The molecule has 0 atom stereocenters. The number of H-pyrrole nitrogens is 2. The minimum atomic E-state index is -0.547. The van der Waals surface area contributed by atoms with Crippen molar-refractivity contribution in [1.82, 2.24) is 15.0 Å². The van der Waals surface area contributed by atoms with Gasteiger partial charge in [0.2, 0.25) is 0 Å². The van der Waals surface area contributed by atoms with Crippen molar-refractivity contribution in [2.45, 2.75) is 6.54 Å². The van der Waals surface area contributed by atoms with E-state index < -0.39 is 11.2 Å². The summed E-state index contributed by atoms with van der Waals surface area (Å²) in [7, 11) is 0. The number of nitrogens with one attached hydrogen (secondary N) is 3. The molecule has 3 N–H and O–H groups in total. The van der Waals surface area contributed by atoms with Crippen LogP contribution >= 0.6 is 11.6 Å². The van der Waals surface area contributed by atoms with Crippen molar-refractivity contribution >= 4 is 17.4 Å². The molecule has 2 aromatic heterocycles. The highest BCUT2D eigenvalue weighted by Crippen LogP contribution is 2.06. The lowest BCUT2D eigenvalue weighted by molar-refractivity contribution is 1.00. The standard InChI is InChI=1S/C10H9ClN4O2/c11-7-2-1-6(4-12-7)5-13-8-3-9(16)15-10(17)14-8/h1-4H,5H2,(H3,13,14,15,16,17). The Bertz CT molecular complexity index is 589. The zero-order chi connectivity index (χ0) is 12.3. The molecular formula is C10H9ClN4O2. The van der Waals surface area contributed by atoms with E-state index in [1.54, 1.807) is 18.3 Å². The van der Waals surface area contributed by atoms with Crippen LogP contribution in [0.1, 0.15) is 5.56 Å². The summed E-state index contributed by atoms with van der Waals surface area (Å²) in [6, 6.07) is 4.73. The number of aromatic nitrogens is 3. The molecule has 0 bridgehead atoms. The Labute approximate surface area is 101 Å². The number of hydrogen-bond donors (Lipinski definition) is 3. The van der Waals surface area contributed by atoms with E-state index in [0.717, 1.165) is 5.56 Å². The Kier molecular flexibility index (Phi) is 3.24. The van der Waals surface area contributed by atoms with Gasteiger partial charge in [-0.3, -0.25) is 14.8 Å². The summed E-state index contributed by atoms with van der Waals surface area (Å²) < 4.78 is 0. The van der Waals surface area contributed by atoms with Gasteiger partial charge in [0.15, 0.2) is 0 Å². The van der Waals surface area contributed by atoms with Crippen LogP contribution in [0, 0.1) is 0 Å². The largest absolute Gasteiger partial charge is 0.367 e. The fourth-order valence-electron chi connectivity index (χ4n) is 1.27. The van der Waals surface area contributed by atoms with Crippen molar-refractivity contribution in [2.75, 3.05) is 5.32 Å². The first kappa shape index (κ1) is 11.4. The van der Waals surface area contributed by atoms with Crippen LogP contribution in [0.15, 0.2) is 34.0 Å². The minimum absolute atomic E-state index is 0.355. The summed E-state index contributed by atoms with van der Waals surface area (Å²) in [6.45, 7) is 0.434. The third-order valence-electron chi connectivity index (χ3n) is 2.03. The molecule has 7 heteroatoms. The van der Waals surface area contributed by atoms with Crippen molar-refractivity contribution in [3.63, 3.8) is 0 Å². The van der Waals surface area contributed by atoms with Crippen LogP contribution in [0.3, 0.4) is 0 Å². The first-order valence-electron chi connectivity index (χ1n) is 4.81. The van der Waals surface area contributed by atoms with Crippen molar-refractivity contribution in [3.8, 4) is 0 Å². The van der Waals surface area contributed by atoms with Crippen molar-refractivity contribution in [1.29, 1.82) is 0 Å². The molecule has 2 heterocycles. The van der Waals surface area contributed by atoms with Gasteiger partial charge in [0, 0.05) is 18.8 Å². The first-order valence-corrected chi connectivity index (χ1v) is 5.19. The molecule has 0 spiro atoms. The molecule has 0 aliphatic heterocycles. The summed E-state index contributed by atoms with van der Waals surface area (Å²) in [5.41, 5.74) is -0.116. The van der Waals surface area contributed by atoms with Crippen LogP contribution in [0.25, 0.3) is 0 Å². The van der Waals surface area contributed by atoms with Crippen LogP contribution in [-0.4, -0.2) is 15.0 Å². The molecule has 0 saturated carbocycles.